The predicted octanol–water partition coefficient (Wildman–Crippen LogP) is 3.05. The number of likely N-dealkylation sites (tertiary alicyclic amines) is 1. The van der Waals surface area contributed by atoms with E-state index < -0.39 is 0 Å². The summed E-state index contributed by atoms with van der Waals surface area (Å²) in [7, 11) is 0. The van der Waals surface area contributed by atoms with Crippen LogP contribution in [0.3, 0.4) is 0 Å². The lowest BCUT2D eigenvalue weighted by Gasteiger charge is -2.31. The molecule has 2 aliphatic rings. The summed E-state index contributed by atoms with van der Waals surface area (Å²) in [6, 6.07) is 5.55. The number of benzene rings is 1. The molecule has 1 aromatic carbocycles. The third-order valence-corrected chi connectivity index (χ3v) is 5.84. The molecule has 2 heterocycles. The standard InChI is InChI=1S/C18H19FN4O2S/c19-14-5-3-13(4-6-14)17(25)23-9-7-11(8-10-23)15(24)20-18-22-21-16(26-18)12-1-2-12/h3-6,11-12H,1-2,7-10H2,(H,20,22,24). The largest absolute Gasteiger partial charge is 0.339 e. The molecule has 2 amide bonds. The molecule has 2 aromatic rings. The van der Waals surface area contributed by atoms with E-state index in [1.165, 1.54) is 35.6 Å². The number of amides is 2. The van der Waals surface area contributed by atoms with E-state index in [-0.39, 0.29) is 23.5 Å². The number of carbonyl (C=O) groups is 2. The number of hydrogen-bond acceptors (Lipinski definition) is 5. The summed E-state index contributed by atoms with van der Waals surface area (Å²) in [5, 5.41) is 12.6. The van der Waals surface area contributed by atoms with E-state index in [2.05, 4.69) is 15.5 Å². The summed E-state index contributed by atoms with van der Waals surface area (Å²) in [4.78, 5) is 26.6. The lowest BCUT2D eigenvalue weighted by molar-refractivity contribution is -0.121. The predicted molar refractivity (Wildman–Crippen MR) is 95.5 cm³/mol. The minimum Gasteiger partial charge on any atom is -0.339 e. The average molecular weight is 374 g/mol. The summed E-state index contributed by atoms with van der Waals surface area (Å²) in [5.74, 6) is -0.155. The Balaban J connectivity index is 1.30. The Bertz CT molecular complexity index is 811. The van der Waals surface area contributed by atoms with Crippen LogP contribution in [-0.2, 0) is 4.79 Å². The highest BCUT2D eigenvalue weighted by atomic mass is 32.1. The topological polar surface area (TPSA) is 75.2 Å². The molecule has 0 bridgehead atoms. The van der Waals surface area contributed by atoms with Gasteiger partial charge in [0.15, 0.2) is 0 Å². The lowest BCUT2D eigenvalue weighted by atomic mass is 9.95. The first-order chi connectivity index (χ1) is 12.6. The van der Waals surface area contributed by atoms with Crippen LogP contribution >= 0.6 is 11.3 Å². The average Bonchev–Trinajstić information content (AvgIpc) is 3.41. The number of hydrogen-bond donors (Lipinski definition) is 1. The maximum atomic E-state index is 13.0. The highest BCUT2D eigenvalue weighted by molar-refractivity contribution is 7.15. The summed E-state index contributed by atoms with van der Waals surface area (Å²) < 4.78 is 13.0. The van der Waals surface area contributed by atoms with E-state index in [0.717, 1.165) is 17.8 Å². The zero-order chi connectivity index (χ0) is 18.1. The minimum atomic E-state index is -0.363. The fourth-order valence-electron chi connectivity index (χ4n) is 3.11. The van der Waals surface area contributed by atoms with Crippen LogP contribution in [0.4, 0.5) is 9.52 Å². The van der Waals surface area contributed by atoms with Crippen molar-refractivity contribution in [1.29, 1.82) is 0 Å². The van der Waals surface area contributed by atoms with Crippen molar-refractivity contribution in [1.82, 2.24) is 15.1 Å². The quantitative estimate of drug-likeness (QED) is 0.893. The Kier molecular flexibility index (Phi) is 4.67. The molecular formula is C18H19FN4O2S. The van der Waals surface area contributed by atoms with Crippen LogP contribution in [0.5, 0.6) is 0 Å². The van der Waals surface area contributed by atoms with E-state index in [1.807, 2.05) is 0 Å². The molecule has 1 aliphatic carbocycles. The van der Waals surface area contributed by atoms with Crippen LogP contribution in [0.2, 0.25) is 0 Å². The zero-order valence-corrected chi connectivity index (χ0v) is 15.0. The van der Waals surface area contributed by atoms with Gasteiger partial charge in [-0.15, -0.1) is 10.2 Å². The Hall–Kier alpha value is -2.35. The van der Waals surface area contributed by atoms with Gasteiger partial charge in [0.05, 0.1) is 0 Å². The van der Waals surface area contributed by atoms with Crippen molar-refractivity contribution in [2.45, 2.75) is 31.6 Å². The van der Waals surface area contributed by atoms with Crippen molar-refractivity contribution in [3.8, 4) is 0 Å². The van der Waals surface area contributed by atoms with E-state index >= 15 is 0 Å². The van der Waals surface area contributed by atoms with Crippen molar-refractivity contribution in [3.05, 3.63) is 40.7 Å². The minimum absolute atomic E-state index is 0.0580. The summed E-state index contributed by atoms with van der Waals surface area (Å²) in [6.07, 6.45) is 3.52. The maximum Gasteiger partial charge on any atom is 0.253 e. The summed E-state index contributed by atoms with van der Waals surface area (Å²) in [6.45, 7) is 1.02. The second-order valence-electron chi connectivity index (χ2n) is 6.78. The number of nitrogens with zero attached hydrogens (tertiary/aromatic N) is 3. The molecule has 0 radical (unpaired) electrons. The SMILES string of the molecule is O=C(Nc1nnc(C2CC2)s1)C1CCN(C(=O)c2ccc(F)cc2)CC1. The van der Waals surface area contributed by atoms with Gasteiger partial charge in [0, 0.05) is 30.5 Å². The van der Waals surface area contributed by atoms with E-state index in [9.17, 15) is 14.0 Å². The fourth-order valence-corrected chi connectivity index (χ4v) is 4.02. The smallest absolute Gasteiger partial charge is 0.253 e. The summed E-state index contributed by atoms with van der Waals surface area (Å²) in [5.41, 5.74) is 0.468. The first-order valence-electron chi connectivity index (χ1n) is 8.79. The maximum absolute atomic E-state index is 13.0. The van der Waals surface area contributed by atoms with E-state index in [4.69, 9.17) is 0 Å². The van der Waals surface area contributed by atoms with Crippen LogP contribution in [0.1, 0.15) is 47.0 Å². The molecule has 1 aliphatic heterocycles. The number of aromatic nitrogens is 2. The molecule has 6 nitrogen and oxygen atoms in total. The zero-order valence-electron chi connectivity index (χ0n) is 14.2. The third kappa shape index (κ3) is 3.75. The van der Waals surface area contributed by atoms with Gasteiger partial charge in [0.2, 0.25) is 11.0 Å². The van der Waals surface area contributed by atoms with Crippen LogP contribution in [0.25, 0.3) is 0 Å². The molecule has 0 spiro atoms. The Morgan fingerprint density at radius 2 is 1.77 bits per heavy atom. The monoisotopic (exact) mass is 374 g/mol. The van der Waals surface area contributed by atoms with E-state index in [1.54, 1.807) is 4.90 Å². The van der Waals surface area contributed by atoms with Gasteiger partial charge in [-0.25, -0.2) is 4.39 Å². The van der Waals surface area contributed by atoms with Gasteiger partial charge in [-0.1, -0.05) is 11.3 Å². The van der Waals surface area contributed by atoms with Crippen LogP contribution in [0.15, 0.2) is 24.3 Å². The van der Waals surface area contributed by atoms with Crippen molar-refractivity contribution < 1.29 is 14.0 Å². The number of nitrogens with one attached hydrogen (secondary N) is 1. The fraction of sp³-hybridized carbons (Fsp3) is 0.444. The highest BCUT2D eigenvalue weighted by Gasteiger charge is 2.30. The van der Waals surface area contributed by atoms with Crippen LogP contribution < -0.4 is 5.32 Å². The van der Waals surface area contributed by atoms with Gasteiger partial charge in [0.25, 0.3) is 5.91 Å². The molecule has 1 saturated heterocycles. The van der Waals surface area contributed by atoms with Crippen molar-refractivity contribution >= 4 is 28.3 Å². The van der Waals surface area contributed by atoms with Gasteiger partial charge in [-0.2, -0.15) is 0 Å². The molecule has 26 heavy (non-hydrogen) atoms. The van der Waals surface area contributed by atoms with Crippen molar-refractivity contribution in [2.75, 3.05) is 18.4 Å². The lowest BCUT2D eigenvalue weighted by Crippen LogP contribution is -2.41. The Morgan fingerprint density at radius 1 is 1.08 bits per heavy atom. The molecule has 0 unspecified atom stereocenters. The first kappa shape index (κ1) is 17.1. The molecule has 8 heteroatoms. The number of halogens is 1. The van der Waals surface area contributed by atoms with Crippen LogP contribution in [-0.4, -0.2) is 40.0 Å². The number of rotatable bonds is 4. The van der Waals surface area contributed by atoms with Gasteiger partial charge in [-0.3, -0.25) is 9.59 Å². The molecule has 2 fully saturated rings. The third-order valence-electron chi connectivity index (χ3n) is 4.84. The van der Waals surface area contributed by atoms with Crippen molar-refractivity contribution in [3.63, 3.8) is 0 Å². The molecule has 1 N–H and O–H groups in total. The van der Waals surface area contributed by atoms with E-state index in [0.29, 0.717) is 42.5 Å². The second kappa shape index (κ2) is 7.11. The summed E-state index contributed by atoms with van der Waals surface area (Å²) >= 11 is 1.45. The molecular weight excluding hydrogens is 355 g/mol. The second-order valence-corrected chi connectivity index (χ2v) is 7.79. The molecule has 0 atom stereocenters. The first-order valence-corrected chi connectivity index (χ1v) is 9.61. The number of anilines is 1. The van der Waals surface area contributed by atoms with Gasteiger partial charge in [-0.05, 0) is 49.9 Å². The van der Waals surface area contributed by atoms with Gasteiger partial charge in [0.1, 0.15) is 10.8 Å². The van der Waals surface area contributed by atoms with Crippen molar-refractivity contribution in [2.24, 2.45) is 5.92 Å². The Labute approximate surface area is 154 Å². The molecule has 136 valence electrons. The molecule has 1 saturated carbocycles. The number of piperidine rings is 1. The Morgan fingerprint density at radius 3 is 2.42 bits per heavy atom. The van der Waals surface area contributed by atoms with Gasteiger partial charge >= 0.3 is 0 Å². The normalized spacial score (nSPS) is 18.0. The highest BCUT2D eigenvalue weighted by Crippen LogP contribution is 2.42. The van der Waals surface area contributed by atoms with Crippen LogP contribution in [0, 0.1) is 11.7 Å². The number of carbonyl (C=O) groups excluding carboxylic acids is 2. The molecule has 4 rings (SSSR count). The van der Waals surface area contributed by atoms with Gasteiger partial charge < -0.3 is 10.2 Å². The molecule has 1 aromatic heterocycles.